The van der Waals surface area contributed by atoms with Crippen LogP contribution in [0, 0.1) is 11.6 Å². The fraction of sp³-hybridized carbons (Fsp3) is 0.300. The van der Waals surface area contributed by atoms with Gasteiger partial charge in [0.05, 0.1) is 24.0 Å². The lowest BCUT2D eigenvalue weighted by Gasteiger charge is -2.11. The van der Waals surface area contributed by atoms with Crippen molar-refractivity contribution in [3.8, 4) is 0 Å². The first-order chi connectivity index (χ1) is 7.97. The average molecular weight is 247 g/mol. The van der Waals surface area contributed by atoms with E-state index < -0.39 is 35.9 Å². The SMILES string of the molecule is O=C(O)c1ccc(NCC(O)CO)c(F)c1F. The zero-order chi connectivity index (χ0) is 13.0. The monoisotopic (exact) mass is 247 g/mol. The van der Waals surface area contributed by atoms with Crippen LogP contribution in [0.5, 0.6) is 0 Å². The van der Waals surface area contributed by atoms with Crippen molar-refractivity contribution in [2.45, 2.75) is 6.10 Å². The number of anilines is 1. The summed E-state index contributed by atoms with van der Waals surface area (Å²) in [6, 6.07) is 1.96. The van der Waals surface area contributed by atoms with Gasteiger partial charge in [0.25, 0.3) is 0 Å². The normalized spacial score (nSPS) is 12.2. The van der Waals surface area contributed by atoms with Gasteiger partial charge in [-0.25, -0.2) is 13.6 Å². The number of hydrogen-bond acceptors (Lipinski definition) is 4. The van der Waals surface area contributed by atoms with E-state index in [1.165, 1.54) is 0 Å². The zero-order valence-electron chi connectivity index (χ0n) is 8.65. The predicted molar refractivity (Wildman–Crippen MR) is 54.9 cm³/mol. The molecule has 0 heterocycles. The molecule has 4 N–H and O–H groups in total. The maximum Gasteiger partial charge on any atom is 0.338 e. The molecule has 5 nitrogen and oxygen atoms in total. The highest BCUT2D eigenvalue weighted by Gasteiger charge is 2.18. The van der Waals surface area contributed by atoms with Gasteiger partial charge < -0.3 is 20.6 Å². The van der Waals surface area contributed by atoms with E-state index in [-0.39, 0.29) is 12.2 Å². The molecule has 0 bridgehead atoms. The van der Waals surface area contributed by atoms with Gasteiger partial charge >= 0.3 is 5.97 Å². The van der Waals surface area contributed by atoms with Gasteiger partial charge in [0.15, 0.2) is 11.6 Å². The molecule has 0 aliphatic rings. The minimum atomic E-state index is -1.57. The van der Waals surface area contributed by atoms with E-state index in [0.717, 1.165) is 12.1 Å². The van der Waals surface area contributed by atoms with Gasteiger partial charge in [-0.3, -0.25) is 0 Å². The maximum atomic E-state index is 13.3. The molecule has 0 aliphatic heterocycles. The summed E-state index contributed by atoms with van der Waals surface area (Å²) < 4.78 is 26.5. The summed E-state index contributed by atoms with van der Waals surface area (Å²) in [5.74, 6) is -4.38. The van der Waals surface area contributed by atoms with Gasteiger partial charge in [-0.1, -0.05) is 0 Å². The van der Waals surface area contributed by atoms with Crippen molar-refractivity contribution < 1.29 is 28.9 Å². The van der Waals surface area contributed by atoms with Crippen LogP contribution >= 0.6 is 0 Å². The van der Waals surface area contributed by atoms with E-state index in [4.69, 9.17) is 15.3 Å². The maximum absolute atomic E-state index is 13.3. The van der Waals surface area contributed by atoms with E-state index in [1.54, 1.807) is 0 Å². The van der Waals surface area contributed by atoms with Crippen molar-refractivity contribution in [1.29, 1.82) is 0 Å². The largest absolute Gasteiger partial charge is 0.478 e. The second-order valence-corrected chi connectivity index (χ2v) is 3.31. The summed E-state index contributed by atoms with van der Waals surface area (Å²) in [5.41, 5.74) is -1.05. The highest BCUT2D eigenvalue weighted by molar-refractivity contribution is 5.88. The summed E-state index contributed by atoms with van der Waals surface area (Å²) in [6.07, 6.45) is -1.11. The van der Waals surface area contributed by atoms with E-state index in [1.807, 2.05) is 0 Å². The van der Waals surface area contributed by atoms with Crippen molar-refractivity contribution in [2.24, 2.45) is 0 Å². The van der Waals surface area contributed by atoms with Crippen LogP contribution in [0.4, 0.5) is 14.5 Å². The summed E-state index contributed by atoms with van der Waals surface area (Å²) in [7, 11) is 0. The minimum Gasteiger partial charge on any atom is -0.478 e. The second kappa shape index (κ2) is 5.55. The standard InChI is InChI=1S/C10H11F2NO4/c11-8-6(10(16)17)1-2-7(9(8)12)13-3-5(15)4-14/h1-2,5,13-15H,3-4H2,(H,16,17). The molecule has 1 atom stereocenters. The molecule has 17 heavy (non-hydrogen) atoms. The number of carbonyl (C=O) groups is 1. The molecule has 1 rings (SSSR count). The zero-order valence-corrected chi connectivity index (χ0v) is 8.65. The van der Waals surface area contributed by atoms with Crippen molar-refractivity contribution >= 4 is 11.7 Å². The van der Waals surface area contributed by atoms with Crippen molar-refractivity contribution in [3.05, 3.63) is 29.3 Å². The number of aliphatic hydroxyl groups is 2. The van der Waals surface area contributed by atoms with Crippen LogP contribution in [-0.2, 0) is 0 Å². The Morgan fingerprint density at radius 2 is 2.00 bits per heavy atom. The Morgan fingerprint density at radius 1 is 1.35 bits per heavy atom. The quantitative estimate of drug-likeness (QED) is 0.605. The molecule has 94 valence electrons. The molecule has 7 heteroatoms. The summed E-state index contributed by atoms with van der Waals surface area (Å²) in [5, 5.41) is 28.4. The van der Waals surface area contributed by atoms with Crippen LogP contribution in [0.1, 0.15) is 10.4 Å². The first kappa shape index (κ1) is 13.3. The van der Waals surface area contributed by atoms with Gasteiger partial charge in [-0.15, -0.1) is 0 Å². The topological polar surface area (TPSA) is 89.8 Å². The third kappa shape index (κ3) is 3.11. The molecule has 1 aromatic rings. The Hall–Kier alpha value is -1.73. The van der Waals surface area contributed by atoms with Crippen LogP contribution in [-0.4, -0.2) is 40.5 Å². The Balaban J connectivity index is 2.89. The minimum absolute atomic E-state index is 0.181. The lowest BCUT2D eigenvalue weighted by atomic mass is 10.2. The van der Waals surface area contributed by atoms with Crippen LogP contribution in [0.2, 0.25) is 0 Å². The molecule has 1 aromatic carbocycles. The first-order valence-electron chi connectivity index (χ1n) is 4.71. The van der Waals surface area contributed by atoms with Crippen LogP contribution in [0.25, 0.3) is 0 Å². The van der Waals surface area contributed by atoms with E-state index in [9.17, 15) is 13.6 Å². The number of rotatable bonds is 5. The van der Waals surface area contributed by atoms with Gasteiger partial charge in [0.2, 0.25) is 0 Å². The summed E-state index contributed by atoms with van der Waals surface area (Å²) in [4.78, 5) is 10.5. The number of aromatic carboxylic acids is 1. The van der Waals surface area contributed by atoms with E-state index in [0.29, 0.717) is 0 Å². The third-order valence-corrected chi connectivity index (χ3v) is 2.05. The molecule has 0 radical (unpaired) electrons. The van der Waals surface area contributed by atoms with Gasteiger partial charge in [0.1, 0.15) is 0 Å². The van der Waals surface area contributed by atoms with E-state index in [2.05, 4.69) is 5.32 Å². The molecular weight excluding hydrogens is 236 g/mol. The fourth-order valence-corrected chi connectivity index (χ4v) is 1.14. The number of hydrogen-bond donors (Lipinski definition) is 4. The van der Waals surface area contributed by atoms with Crippen molar-refractivity contribution in [2.75, 3.05) is 18.5 Å². The highest BCUT2D eigenvalue weighted by Crippen LogP contribution is 2.20. The van der Waals surface area contributed by atoms with Crippen LogP contribution in [0.3, 0.4) is 0 Å². The third-order valence-electron chi connectivity index (χ3n) is 2.05. The number of benzene rings is 1. The second-order valence-electron chi connectivity index (χ2n) is 3.31. The number of carboxylic acid groups (broad SMARTS) is 1. The lowest BCUT2D eigenvalue weighted by Crippen LogP contribution is -2.23. The Labute approximate surface area is 95.3 Å². The Kier molecular flexibility index (Phi) is 4.36. The highest BCUT2D eigenvalue weighted by atomic mass is 19.2. The van der Waals surface area contributed by atoms with E-state index >= 15 is 0 Å². The van der Waals surface area contributed by atoms with Crippen LogP contribution < -0.4 is 5.32 Å². The summed E-state index contributed by atoms with van der Waals surface area (Å²) in [6.45, 7) is -0.705. The smallest absolute Gasteiger partial charge is 0.338 e. The Bertz CT molecular complexity index is 425. The molecule has 1 unspecified atom stereocenters. The first-order valence-corrected chi connectivity index (χ1v) is 4.71. The number of aliphatic hydroxyl groups excluding tert-OH is 2. The molecule has 0 fully saturated rings. The van der Waals surface area contributed by atoms with Crippen molar-refractivity contribution in [1.82, 2.24) is 0 Å². The van der Waals surface area contributed by atoms with Crippen LogP contribution in [0.15, 0.2) is 12.1 Å². The average Bonchev–Trinajstić information content (AvgIpc) is 2.30. The predicted octanol–water partition coefficient (Wildman–Crippen LogP) is 0.428. The number of carboxylic acids is 1. The van der Waals surface area contributed by atoms with Gasteiger partial charge in [-0.2, -0.15) is 0 Å². The molecule has 0 saturated heterocycles. The van der Waals surface area contributed by atoms with Gasteiger partial charge in [-0.05, 0) is 12.1 Å². The molecule has 0 saturated carbocycles. The van der Waals surface area contributed by atoms with Crippen molar-refractivity contribution in [3.63, 3.8) is 0 Å². The van der Waals surface area contributed by atoms with Gasteiger partial charge in [0, 0.05) is 6.54 Å². The fourth-order valence-electron chi connectivity index (χ4n) is 1.14. The molecular formula is C10H11F2NO4. The summed E-state index contributed by atoms with van der Waals surface area (Å²) >= 11 is 0. The lowest BCUT2D eigenvalue weighted by molar-refractivity contribution is 0.0690. The number of halogens is 2. The molecule has 0 amide bonds. The Morgan fingerprint density at radius 3 is 2.53 bits per heavy atom. The number of nitrogens with one attached hydrogen (secondary N) is 1. The molecule has 0 aromatic heterocycles. The molecule has 0 aliphatic carbocycles. The molecule has 0 spiro atoms.